The highest BCUT2D eigenvalue weighted by Crippen LogP contribution is 2.28. The number of likely N-dealkylation sites (N-methyl/N-ethyl adjacent to an activating group) is 1. The van der Waals surface area contributed by atoms with Crippen molar-refractivity contribution in [2.75, 3.05) is 20.3 Å². The molecule has 2 bridgehead atoms. The molecule has 5 rings (SSSR count). The fraction of sp³-hybridized carbons (Fsp3) is 0.435. The average Bonchev–Trinajstić information content (AvgIpc) is 3.38. The third-order valence-electron chi connectivity index (χ3n) is 6.37. The standard InChI is InChI=1S/C21H25N5O2.C2HF3O2/c1-24-8-7-20(23-24)26-11-18(17-5-3-4-6-19(17)26)21(27)22-14-9-15-12-28-13-16(10-14)25(15)2;3-2(4,5)1(6)7/h3-8,11,14-16H,9-10,12-13H2,1-2H3,(H,22,27);(H,6,7). The molecular formula is C23H26F3N5O4. The largest absolute Gasteiger partial charge is 0.490 e. The fourth-order valence-corrected chi connectivity index (χ4v) is 4.56. The molecule has 2 aliphatic heterocycles. The van der Waals surface area contributed by atoms with Crippen molar-refractivity contribution in [3.8, 4) is 5.82 Å². The molecule has 2 aromatic heterocycles. The van der Waals surface area contributed by atoms with Crippen LogP contribution in [0, 0.1) is 0 Å². The number of fused-ring (bicyclic) bond motifs is 3. The third kappa shape index (κ3) is 5.33. The number of carbonyl (C=O) groups is 2. The molecule has 0 spiro atoms. The Morgan fingerprint density at radius 3 is 2.31 bits per heavy atom. The van der Waals surface area contributed by atoms with Gasteiger partial charge in [0.25, 0.3) is 5.91 Å². The number of aromatic nitrogens is 3. The maximum Gasteiger partial charge on any atom is 0.490 e. The lowest BCUT2D eigenvalue weighted by Crippen LogP contribution is -2.59. The van der Waals surface area contributed by atoms with Crippen molar-refractivity contribution in [2.45, 2.75) is 37.1 Å². The van der Waals surface area contributed by atoms with Crippen LogP contribution in [-0.4, -0.2) is 80.8 Å². The Hall–Kier alpha value is -3.38. The Morgan fingerprint density at radius 2 is 1.74 bits per heavy atom. The van der Waals surface area contributed by atoms with Crippen LogP contribution in [0.1, 0.15) is 23.2 Å². The molecule has 2 fully saturated rings. The molecule has 0 radical (unpaired) electrons. The summed E-state index contributed by atoms with van der Waals surface area (Å²) >= 11 is 0. The van der Waals surface area contributed by atoms with Gasteiger partial charge in [-0.3, -0.25) is 18.9 Å². The second-order valence-electron chi connectivity index (χ2n) is 8.73. The molecule has 2 saturated heterocycles. The number of benzene rings is 1. The van der Waals surface area contributed by atoms with Gasteiger partial charge >= 0.3 is 12.1 Å². The lowest BCUT2D eigenvalue weighted by molar-refractivity contribution is -0.192. The zero-order valence-corrected chi connectivity index (χ0v) is 19.2. The van der Waals surface area contributed by atoms with E-state index >= 15 is 0 Å². The third-order valence-corrected chi connectivity index (χ3v) is 6.37. The first-order valence-electron chi connectivity index (χ1n) is 11.1. The maximum absolute atomic E-state index is 13.2. The van der Waals surface area contributed by atoms with Gasteiger partial charge in [-0.05, 0) is 26.0 Å². The molecule has 1 amide bonds. The number of aryl methyl sites for hydroxylation is 1. The lowest BCUT2D eigenvalue weighted by atomic mass is 9.90. The van der Waals surface area contributed by atoms with Gasteiger partial charge in [0.1, 0.15) is 0 Å². The Balaban J connectivity index is 0.000000364. The molecule has 4 heterocycles. The molecule has 0 saturated carbocycles. The predicted molar refractivity (Wildman–Crippen MR) is 120 cm³/mol. The number of ether oxygens (including phenoxy) is 1. The first-order chi connectivity index (χ1) is 16.5. The molecule has 188 valence electrons. The van der Waals surface area contributed by atoms with Crippen LogP contribution in [0.25, 0.3) is 16.7 Å². The van der Waals surface area contributed by atoms with Crippen molar-refractivity contribution >= 4 is 22.8 Å². The number of morpholine rings is 1. The average molecular weight is 493 g/mol. The Labute approximate surface area is 199 Å². The number of hydrogen-bond donors (Lipinski definition) is 2. The van der Waals surface area contributed by atoms with Gasteiger partial charge in [0, 0.05) is 49.0 Å². The summed E-state index contributed by atoms with van der Waals surface area (Å²) in [4.78, 5) is 24.5. The van der Waals surface area contributed by atoms with E-state index in [0.717, 1.165) is 42.8 Å². The van der Waals surface area contributed by atoms with Gasteiger partial charge in [-0.15, -0.1) is 0 Å². The normalized spacial score (nSPS) is 22.4. The molecule has 2 N–H and O–H groups in total. The van der Waals surface area contributed by atoms with Crippen LogP contribution in [0.5, 0.6) is 0 Å². The molecule has 2 atom stereocenters. The van der Waals surface area contributed by atoms with Crippen molar-refractivity contribution in [1.29, 1.82) is 0 Å². The summed E-state index contributed by atoms with van der Waals surface area (Å²) < 4.78 is 41.2. The van der Waals surface area contributed by atoms with Crippen molar-refractivity contribution < 1.29 is 32.6 Å². The molecular weight excluding hydrogens is 467 g/mol. The molecule has 9 nitrogen and oxygen atoms in total. The molecule has 2 aliphatic rings. The topological polar surface area (TPSA) is 102 Å². The Kier molecular flexibility index (Phi) is 6.86. The number of carboxylic acids is 1. The minimum atomic E-state index is -5.08. The van der Waals surface area contributed by atoms with Gasteiger partial charge in [0.05, 0.1) is 24.3 Å². The number of para-hydroxylation sites is 1. The number of carbonyl (C=O) groups excluding carboxylic acids is 1. The van der Waals surface area contributed by atoms with Crippen molar-refractivity contribution in [1.82, 2.24) is 24.6 Å². The van der Waals surface area contributed by atoms with Crippen LogP contribution in [0.4, 0.5) is 13.2 Å². The van der Waals surface area contributed by atoms with E-state index in [9.17, 15) is 18.0 Å². The van der Waals surface area contributed by atoms with E-state index < -0.39 is 12.1 Å². The van der Waals surface area contributed by atoms with Crippen LogP contribution in [-0.2, 0) is 16.6 Å². The zero-order chi connectivity index (χ0) is 25.3. The van der Waals surface area contributed by atoms with E-state index in [1.54, 1.807) is 4.68 Å². The van der Waals surface area contributed by atoms with Crippen LogP contribution in [0.3, 0.4) is 0 Å². The highest BCUT2D eigenvalue weighted by Gasteiger charge is 2.38. The summed E-state index contributed by atoms with van der Waals surface area (Å²) in [6, 6.07) is 10.9. The van der Waals surface area contributed by atoms with E-state index in [0.29, 0.717) is 17.6 Å². The number of nitrogens with zero attached hydrogens (tertiary/aromatic N) is 4. The Morgan fingerprint density at radius 1 is 1.11 bits per heavy atom. The molecule has 2 unspecified atom stereocenters. The second kappa shape index (κ2) is 9.70. The van der Waals surface area contributed by atoms with Crippen LogP contribution < -0.4 is 5.32 Å². The number of carboxylic acid groups (broad SMARTS) is 1. The first kappa shape index (κ1) is 24.7. The number of aliphatic carboxylic acids is 1. The number of halogens is 3. The summed E-state index contributed by atoms with van der Waals surface area (Å²) in [6.45, 7) is 1.50. The number of amides is 1. The second-order valence-corrected chi connectivity index (χ2v) is 8.73. The highest BCUT2D eigenvalue weighted by molar-refractivity contribution is 6.07. The molecule has 0 aliphatic carbocycles. The van der Waals surface area contributed by atoms with E-state index in [4.69, 9.17) is 14.6 Å². The monoisotopic (exact) mass is 493 g/mol. The summed E-state index contributed by atoms with van der Waals surface area (Å²) in [7, 11) is 4.06. The van der Waals surface area contributed by atoms with Crippen LogP contribution in [0.2, 0.25) is 0 Å². The van der Waals surface area contributed by atoms with Crippen LogP contribution >= 0.6 is 0 Å². The summed E-state index contributed by atoms with van der Waals surface area (Å²) in [5.74, 6) is -1.96. The van der Waals surface area contributed by atoms with Gasteiger partial charge in [-0.1, -0.05) is 18.2 Å². The van der Waals surface area contributed by atoms with E-state index in [2.05, 4.69) is 22.4 Å². The minimum absolute atomic E-state index is 0.0144. The smallest absolute Gasteiger partial charge is 0.475 e. The van der Waals surface area contributed by atoms with Crippen molar-refractivity contribution in [3.63, 3.8) is 0 Å². The highest BCUT2D eigenvalue weighted by atomic mass is 19.4. The zero-order valence-electron chi connectivity index (χ0n) is 19.2. The van der Waals surface area contributed by atoms with Gasteiger partial charge in [0.15, 0.2) is 5.82 Å². The number of piperidine rings is 1. The lowest BCUT2D eigenvalue weighted by Gasteiger charge is -2.46. The number of hydrogen-bond acceptors (Lipinski definition) is 5. The van der Waals surface area contributed by atoms with Gasteiger partial charge in [-0.25, -0.2) is 4.79 Å². The molecule has 12 heteroatoms. The first-order valence-corrected chi connectivity index (χ1v) is 11.1. The van der Waals surface area contributed by atoms with Crippen molar-refractivity contribution in [3.05, 3.63) is 48.3 Å². The van der Waals surface area contributed by atoms with Gasteiger partial charge in [0.2, 0.25) is 0 Å². The minimum Gasteiger partial charge on any atom is -0.475 e. The molecule has 1 aromatic carbocycles. The van der Waals surface area contributed by atoms with E-state index in [-0.39, 0.29) is 11.9 Å². The predicted octanol–water partition coefficient (Wildman–Crippen LogP) is 2.59. The quantitative estimate of drug-likeness (QED) is 0.582. The molecule has 3 aromatic rings. The molecule has 35 heavy (non-hydrogen) atoms. The number of alkyl halides is 3. The fourth-order valence-electron chi connectivity index (χ4n) is 4.56. The number of nitrogens with one attached hydrogen (secondary N) is 1. The summed E-state index contributed by atoms with van der Waals surface area (Å²) in [5.41, 5.74) is 1.68. The Bertz CT molecular complexity index is 1210. The summed E-state index contributed by atoms with van der Waals surface area (Å²) in [5, 5.41) is 15.9. The van der Waals surface area contributed by atoms with Gasteiger partial charge < -0.3 is 15.2 Å². The SMILES string of the molecule is CN1C2COCC1CC(NC(=O)c1cn(-c3ccn(C)n3)c3ccccc13)C2.O=C(O)C(F)(F)F. The van der Waals surface area contributed by atoms with Gasteiger partial charge in [-0.2, -0.15) is 18.3 Å². The maximum atomic E-state index is 13.2. The van der Waals surface area contributed by atoms with Crippen LogP contribution in [0.15, 0.2) is 42.7 Å². The van der Waals surface area contributed by atoms with E-state index in [1.165, 1.54) is 0 Å². The van der Waals surface area contributed by atoms with E-state index in [1.807, 2.05) is 54.3 Å². The van der Waals surface area contributed by atoms with Crippen molar-refractivity contribution in [2.24, 2.45) is 7.05 Å². The number of rotatable bonds is 3. The summed E-state index contributed by atoms with van der Waals surface area (Å²) in [6.07, 6.45) is 0.583.